The van der Waals surface area contributed by atoms with Crippen LogP contribution in [0.15, 0.2) is 18.2 Å². The molecule has 0 amide bonds. The fraction of sp³-hybridized carbons (Fsp3) is 0.526. The summed E-state index contributed by atoms with van der Waals surface area (Å²) < 4.78 is 1.96. The third-order valence-corrected chi connectivity index (χ3v) is 4.86. The first-order valence-electron chi connectivity index (χ1n) is 8.71. The second-order valence-corrected chi connectivity index (χ2v) is 7.00. The standard InChI is InChI=1S/C19H29N5/c1-14-17(19(22(2)3)24(5)21-14)13-20-12-15-8-9-18-16(11-15)7-6-10-23(18)4/h8-9,11,20H,6-7,10,12-13H2,1-5H3. The molecule has 0 saturated heterocycles. The normalized spacial score (nSPS) is 14.0. The Bertz CT molecular complexity index is 717. The van der Waals surface area contributed by atoms with Crippen molar-refractivity contribution >= 4 is 11.5 Å². The Morgan fingerprint density at radius 3 is 2.75 bits per heavy atom. The zero-order chi connectivity index (χ0) is 17.3. The molecule has 1 aromatic carbocycles. The highest BCUT2D eigenvalue weighted by Crippen LogP contribution is 2.27. The van der Waals surface area contributed by atoms with Gasteiger partial charge in [-0.05, 0) is 37.0 Å². The fourth-order valence-electron chi connectivity index (χ4n) is 3.74. The third kappa shape index (κ3) is 3.26. The van der Waals surface area contributed by atoms with Crippen molar-refractivity contribution in [2.75, 3.05) is 37.5 Å². The predicted octanol–water partition coefficient (Wildman–Crippen LogP) is 2.47. The van der Waals surface area contributed by atoms with E-state index in [0.29, 0.717) is 0 Å². The molecule has 1 N–H and O–H groups in total. The Labute approximate surface area is 145 Å². The summed E-state index contributed by atoms with van der Waals surface area (Å²) in [5.74, 6) is 1.17. The minimum absolute atomic E-state index is 0.837. The Morgan fingerprint density at radius 2 is 2.00 bits per heavy atom. The van der Waals surface area contributed by atoms with Crippen LogP contribution < -0.4 is 15.1 Å². The highest BCUT2D eigenvalue weighted by atomic mass is 15.4. The summed E-state index contributed by atoms with van der Waals surface area (Å²) >= 11 is 0. The molecule has 0 spiro atoms. The van der Waals surface area contributed by atoms with E-state index in [0.717, 1.165) is 25.3 Å². The van der Waals surface area contributed by atoms with Crippen molar-refractivity contribution in [3.05, 3.63) is 40.6 Å². The van der Waals surface area contributed by atoms with E-state index in [2.05, 4.69) is 66.5 Å². The van der Waals surface area contributed by atoms with Gasteiger partial charge in [-0.25, -0.2) is 0 Å². The lowest BCUT2D eigenvalue weighted by molar-refractivity contribution is 0.685. The van der Waals surface area contributed by atoms with Gasteiger partial charge in [0.1, 0.15) is 5.82 Å². The molecule has 5 heteroatoms. The first-order valence-corrected chi connectivity index (χ1v) is 8.71. The molecule has 0 radical (unpaired) electrons. The summed E-state index contributed by atoms with van der Waals surface area (Å²) in [5, 5.41) is 8.15. The zero-order valence-electron chi connectivity index (χ0n) is 15.6. The van der Waals surface area contributed by atoms with E-state index in [1.807, 2.05) is 11.7 Å². The van der Waals surface area contributed by atoms with Crippen molar-refractivity contribution < 1.29 is 0 Å². The molecule has 2 heterocycles. The lowest BCUT2D eigenvalue weighted by atomic mass is 9.99. The molecule has 0 aliphatic carbocycles. The maximum atomic E-state index is 4.55. The summed E-state index contributed by atoms with van der Waals surface area (Å²) in [4.78, 5) is 4.49. The van der Waals surface area contributed by atoms with E-state index in [1.54, 1.807) is 0 Å². The number of fused-ring (bicyclic) bond motifs is 1. The maximum absolute atomic E-state index is 4.55. The molecule has 0 fully saturated rings. The summed E-state index contributed by atoms with van der Waals surface area (Å²) in [6.07, 6.45) is 2.45. The molecule has 0 atom stereocenters. The minimum Gasteiger partial charge on any atom is -0.374 e. The van der Waals surface area contributed by atoms with Crippen LogP contribution in [0.1, 0.15) is 28.8 Å². The molecule has 0 bridgehead atoms. The molecule has 2 aromatic rings. The predicted molar refractivity (Wildman–Crippen MR) is 101 cm³/mol. The number of hydrogen-bond acceptors (Lipinski definition) is 4. The average Bonchev–Trinajstić information content (AvgIpc) is 2.81. The van der Waals surface area contributed by atoms with Crippen molar-refractivity contribution in [1.82, 2.24) is 15.1 Å². The molecule has 130 valence electrons. The molecule has 0 saturated carbocycles. The van der Waals surface area contributed by atoms with Gasteiger partial charge in [0.25, 0.3) is 0 Å². The summed E-state index contributed by atoms with van der Waals surface area (Å²) in [6.45, 7) is 4.97. The van der Waals surface area contributed by atoms with Gasteiger partial charge in [-0.1, -0.05) is 12.1 Å². The van der Waals surface area contributed by atoms with Crippen molar-refractivity contribution in [3.63, 3.8) is 0 Å². The molecular formula is C19H29N5. The molecule has 5 nitrogen and oxygen atoms in total. The van der Waals surface area contributed by atoms with Gasteiger partial charge in [0, 0.05) is 59.1 Å². The highest BCUT2D eigenvalue weighted by Gasteiger charge is 2.15. The Morgan fingerprint density at radius 1 is 1.21 bits per heavy atom. The summed E-state index contributed by atoms with van der Waals surface area (Å²) in [5.41, 5.74) is 6.61. The van der Waals surface area contributed by atoms with Crippen LogP contribution in [-0.4, -0.2) is 37.5 Å². The molecule has 0 unspecified atom stereocenters. The van der Waals surface area contributed by atoms with Crippen LogP contribution in [0.4, 0.5) is 11.5 Å². The van der Waals surface area contributed by atoms with Crippen LogP contribution in [-0.2, 0) is 26.6 Å². The van der Waals surface area contributed by atoms with Crippen molar-refractivity contribution in [1.29, 1.82) is 0 Å². The molecule has 1 aromatic heterocycles. The monoisotopic (exact) mass is 327 g/mol. The number of aromatic nitrogens is 2. The number of nitrogens with zero attached hydrogens (tertiary/aromatic N) is 4. The molecule has 1 aliphatic rings. The number of anilines is 2. The minimum atomic E-state index is 0.837. The van der Waals surface area contributed by atoms with E-state index in [-0.39, 0.29) is 0 Å². The number of rotatable bonds is 5. The Hall–Kier alpha value is -2.01. The smallest absolute Gasteiger partial charge is 0.130 e. The van der Waals surface area contributed by atoms with Gasteiger partial charge < -0.3 is 15.1 Å². The van der Waals surface area contributed by atoms with Crippen LogP contribution in [0, 0.1) is 6.92 Å². The SMILES string of the molecule is Cc1nn(C)c(N(C)C)c1CNCc1ccc2c(c1)CCCN2C. The average molecular weight is 327 g/mol. The van der Waals surface area contributed by atoms with Gasteiger partial charge in [-0.15, -0.1) is 0 Å². The number of benzene rings is 1. The maximum Gasteiger partial charge on any atom is 0.130 e. The second kappa shape index (κ2) is 6.85. The number of aryl methyl sites for hydroxylation is 3. The second-order valence-electron chi connectivity index (χ2n) is 7.00. The largest absolute Gasteiger partial charge is 0.374 e. The van der Waals surface area contributed by atoms with E-state index in [9.17, 15) is 0 Å². The van der Waals surface area contributed by atoms with Crippen LogP contribution in [0.2, 0.25) is 0 Å². The molecule has 1 aliphatic heterocycles. The van der Waals surface area contributed by atoms with Gasteiger partial charge in [0.15, 0.2) is 0 Å². The summed E-state index contributed by atoms with van der Waals surface area (Å²) in [7, 11) is 8.33. The Kier molecular flexibility index (Phi) is 4.81. The van der Waals surface area contributed by atoms with Gasteiger partial charge in [0.2, 0.25) is 0 Å². The van der Waals surface area contributed by atoms with Gasteiger partial charge in [-0.3, -0.25) is 4.68 Å². The van der Waals surface area contributed by atoms with E-state index >= 15 is 0 Å². The number of nitrogens with one attached hydrogen (secondary N) is 1. The van der Waals surface area contributed by atoms with Crippen molar-refractivity contribution in [2.45, 2.75) is 32.9 Å². The van der Waals surface area contributed by atoms with Crippen LogP contribution in [0.5, 0.6) is 0 Å². The van der Waals surface area contributed by atoms with Crippen LogP contribution in [0.25, 0.3) is 0 Å². The zero-order valence-corrected chi connectivity index (χ0v) is 15.6. The molecule has 24 heavy (non-hydrogen) atoms. The first kappa shape index (κ1) is 16.8. The third-order valence-electron chi connectivity index (χ3n) is 4.86. The first-order chi connectivity index (χ1) is 11.5. The van der Waals surface area contributed by atoms with Gasteiger partial charge in [-0.2, -0.15) is 5.10 Å². The van der Waals surface area contributed by atoms with E-state index in [1.165, 1.54) is 41.0 Å². The van der Waals surface area contributed by atoms with E-state index < -0.39 is 0 Å². The topological polar surface area (TPSA) is 36.3 Å². The molecule has 3 rings (SSSR count). The van der Waals surface area contributed by atoms with E-state index in [4.69, 9.17) is 0 Å². The van der Waals surface area contributed by atoms with Crippen LogP contribution in [0.3, 0.4) is 0 Å². The van der Waals surface area contributed by atoms with Crippen molar-refractivity contribution in [2.24, 2.45) is 7.05 Å². The highest BCUT2D eigenvalue weighted by molar-refractivity contribution is 5.56. The fourth-order valence-corrected chi connectivity index (χ4v) is 3.74. The summed E-state index contributed by atoms with van der Waals surface area (Å²) in [6, 6.07) is 6.88. The lowest BCUT2D eigenvalue weighted by Gasteiger charge is -2.27. The number of hydrogen-bond donors (Lipinski definition) is 1. The quantitative estimate of drug-likeness (QED) is 0.915. The van der Waals surface area contributed by atoms with Crippen LogP contribution >= 0.6 is 0 Å². The van der Waals surface area contributed by atoms with Gasteiger partial charge >= 0.3 is 0 Å². The Balaban J connectivity index is 1.67. The van der Waals surface area contributed by atoms with Crippen molar-refractivity contribution in [3.8, 4) is 0 Å². The van der Waals surface area contributed by atoms with Gasteiger partial charge in [0.05, 0.1) is 5.69 Å². The molecular weight excluding hydrogens is 298 g/mol. The lowest BCUT2D eigenvalue weighted by Crippen LogP contribution is -2.25.